The molecular weight excluding hydrogens is 260 g/mol. The highest BCUT2D eigenvalue weighted by Gasteiger charge is 2.12. The van der Waals surface area contributed by atoms with Crippen LogP contribution in [0.15, 0.2) is 0 Å². The molecule has 0 aromatic carbocycles. The standard InChI is InChI=1S/C6H12N2O2S4/c1-3-11-13-7-5(9)6(10)8-14-12-4-2/h3-4H2,1-2H3,(H,7,9)(H,8,10). The molecule has 2 amide bonds. The zero-order valence-electron chi connectivity index (χ0n) is 7.86. The summed E-state index contributed by atoms with van der Waals surface area (Å²) in [5, 5.41) is 0. The predicted octanol–water partition coefficient (Wildman–Crippen LogP) is 1.85. The number of hydrogen-bond acceptors (Lipinski definition) is 6. The molecule has 0 spiro atoms. The molecule has 14 heavy (non-hydrogen) atoms. The Balaban J connectivity index is 3.50. The van der Waals surface area contributed by atoms with E-state index in [0.29, 0.717) is 0 Å². The second kappa shape index (κ2) is 9.88. The third-order valence-electron chi connectivity index (χ3n) is 0.829. The van der Waals surface area contributed by atoms with E-state index in [1.807, 2.05) is 13.8 Å². The molecule has 0 heterocycles. The van der Waals surface area contributed by atoms with Crippen molar-refractivity contribution >= 4 is 55.4 Å². The summed E-state index contributed by atoms with van der Waals surface area (Å²) in [6, 6.07) is 0. The summed E-state index contributed by atoms with van der Waals surface area (Å²) in [6.07, 6.45) is 0. The molecule has 0 rings (SSSR count). The number of carbonyl (C=O) groups is 2. The quantitative estimate of drug-likeness (QED) is 0.333. The van der Waals surface area contributed by atoms with Gasteiger partial charge in [-0.05, 0) is 0 Å². The SMILES string of the molecule is CCSSNC(=O)C(=O)NSSCC. The van der Waals surface area contributed by atoms with E-state index in [1.165, 1.54) is 43.5 Å². The van der Waals surface area contributed by atoms with Gasteiger partial charge in [-0.25, -0.2) is 0 Å². The van der Waals surface area contributed by atoms with Crippen LogP contribution in [-0.4, -0.2) is 23.3 Å². The van der Waals surface area contributed by atoms with Crippen molar-refractivity contribution in [1.82, 2.24) is 9.44 Å². The Morgan fingerprint density at radius 1 is 0.929 bits per heavy atom. The fourth-order valence-electron chi connectivity index (χ4n) is 0.345. The van der Waals surface area contributed by atoms with Crippen LogP contribution >= 0.6 is 43.5 Å². The molecule has 0 aliphatic heterocycles. The van der Waals surface area contributed by atoms with Gasteiger partial charge in [0, 0.05) is 33.5 Å². The van der Waals surface area contributed by atoms with E-state index in [4.69, 9.17) is 0 Å². The Morgan fingerprint density at radius 3 is 1.57 bits per heavy atom. The molecule has 0 saturated heterocycles. The minimum Gasteiger partial charge on any atom is -0.283 e. The summed E-state index contributed by atoms with van der Waals surface area (Å²) in [5.41, 5.74) is 0. The van der Waals surface area contributed by atoms with Crippen molar-refractivity contribution in [3.8, 4) is 0 Å². The molecule has 0 atom stereocenters. The summed E-state index contributed by atoms with van der Waals surface area (Å²) < 4.78 is 4.83. The van der Waals surface area contributed by atoms with E-state index in [0.717, 1.165) is 11.5 Å². The molecule has 0 aromatic heterocycles. The van der Waals surface area contributed by atoms with Crippen LogP contribution in [0.2, 0.25) is 0 Å². The molecule has 8 heteroatoms. The molecule has 0 fully saturated rings. The first-order valence-corrected chi connectivity index (χ1v) is 8.53. The number of carbonyl (C=O) groups excluding carboxylic acids is 2. The number of amides is 2. The Morgan fingerprint density at radius 2 is 1.29 bits per heavy atom. The molecule has 4 nitrogen and oxygen atoms in total. The van der Waals surface area contributed by atoms with Gasteiger partial charge in [0.25, 0.3) is 0 Å². The summed E-state index contributed by atoms with van der Waals surface area (Å²) >= 11 is 0. The van der Waals surface area contributed by atoms with Gasteiger partial charge in [-0.2, -0.15) is 0 Å². The lowest BCUT2D eigenvalue weighted by Crippen LogP contribution is -2.32. The van der Waals surface area contributed by atoms with Crippen LogP contribution in [0.3, 0.4) is 0 Å². The molecule has 0 unspecified atom stereocenters. The van der Waals surface area contributed by atoms with E-state index >= 15 is 0 Å². The molecule has 0 aliphatic carbocycles. The predicted molar refractivity (Wildman–Crippen MR) is 67.7 cm³/mol. The van der Waals surface area contributed by atoms with Gasteiger partial charge in [-0.3, -0.25) is 19.0 Å². The van der Waals surface area contributed by atoms with Gasteiger partial charge in [0.15, 0.2) is 0 Å². The van der Waals surface area contributed by atoms with Gasteiger partial charge in [0.2, 0.25) is 0 Å². The zero-order chi connectivity index (χ0) is 10.8. The fourth-order valence-corrected chi connectivity index (χ4v) is 2.55. The highest BCUT2D eigenvalue weighted by Crippen LogP contribution is 2.17. The summed E-state index contributed by atoms with van der Waals surface area (Å²) in [6.45, 7) is 3.94. The van der Waals surface area contributed by atoms with Crippen LogP contribution in [0.25, 0.3) is 0 Å². The fraction of sp³-hybridized carbons (Fsp3) is 0.667. The normalized spacial score (nSPS) is 9.57. The van der Waals surface area contributed by atoms with Gasteiger partial charge in [-0.1, -0.05) is 35.4 Å². The van der Waals surface area contributed by atoms with Crippen molar-refractivity contribution in [2.75, 3.05) is 11.5 Å². The monoisotopic (exact) mass is 272 g/mol. The first kappa shape index (κ1) is 14.3. The maximum atomic E-state index is 11.0. The van der Waals surface area contributed by atoms with Crippen LogP contribution in [0.5, 0.6) is 0 Å². The Labute approximate surface area is 99.5 Å². The van der Waals surface area contributed by atoms with E-state index in [-0.39, 0.29) is 0 Å². The molecule has 82 valence electrons. The second-order valence-corrected chi connectivity index (χ2v) is 6.62. The van der Waals surface area contributed by atoms with E-state index in [1.54, 1.807) is 0 Å². The minimum atomic E-state index is -0.611. The Hall–Kier alpha value is 0.340. The lowest BCUT2D eigenvalue weighted by Gasteiger charge is -2.02. The molecule has 0 aliphatic rings. The highest BCUT2D eigenvalue weighted by molar-refractivity contribution is 8.76. The van der Waals surface area contributed by atoms with Crippen LogP contribution in [-0.2, 0) is 9.59 Å². The van der Waals surface area contributed by atoms with Crippen molar-refractivity contribution in [2.24, 2.45) is 0 Å². The average molecular weight is 272 g/mol. The van der Waals surface area contributed by atoms with Crippen molar-refractivity contribution in [3.05, 3.63) is 0 Å². The van der Waals surface area contributed by atoms with Crippen molar-refractivity contribution in [1.29, 1.82) is 0 Å². The molecular formula is C6H12N2O2S4. The molecule has 0 aromatic rings. The molecule has 0 radical (unpaired) electrons. The van der Waals surface area contributed by atoms with E-state index < -0.39 is 11.8 Å². The van der Waals surface area contributed by atoms with Crippen molar-refractivity contribution in [3.63, 3.8) is 0 Å². The maximum absolute atomic E-state index is 11.0. The summed E-state index contributed by atoms with van der Waals surface area (Å²) in [7, 11) is 5.29. The van der Waals surface area contributed by atoms with E-state index in [2.05, 4.69) is 9.44 Å². The number of hydrogen-bond donors (Lipinski definition) is 2. The molecule has 2 N–H and O–H groups in total. The first-order chi connectivity index (χ1) is 6.72. The summed E-state index contributed by atoms with van der Waals surface area (Å²) in [5.74, 6) is 0.542. The van der Waals surface area contributed by atoms with Crippen molar-refractivity contribution < 1.29 is 9.59 Å². The second-order valence-electron chi connectivity index (χ2n) is 1.84. The Bertz CT molecular complexity index is 171. The van der Waals surface area contributed by atoms with Crippen LogP contribution in [0.1, 0.15) is 13.8 Å². The third-order valence-corrected chi connectivity index (χ3v) is 4.69. The van der Waals surface area contributed by atoms with E-state index in [9.17, 15) is 9.59 Å². The maximum Gasteiger partial charge on any atom is 0.320 e. The lowest BCUT2D eigenvalue weighted by molar-refractivity contribution is -0.136. The smallest absolute Gasteiger partial charge is 0.283 e. The lowest BCUT2D eigenvalue weighted by atomic mass is 10.6. The summed E-state index contributed by atoms with van der Waals surface area (Å²) in [4.78, 5) is 22.1. The van der Waals surface area contributed by atoms with Crippen LogP contribution < -0.4 is 9.44 Å². The topological polar surface area (TPSA) is 58.2 Å². The average Bonchev–Trinajstić information content (AvgIpc) is 2.18. The minimum absolute atomic E-state index is 0.611. The zero-order valence-corrected chi connectivity index (χ0v) is 11.1. The van der Waals surface area contributed by atoms with Gasteiger partial charge in [-0.15, -0.1) is 0 Å². The van der Waals surface area contributed by atoms with Crippen molar-refractivity contribution in [2.45, 2.75) is 13.8 Å². The van der Waals surface area contributed by atoms with Gasteiger partial charge in [0.1, 0.15) is 0 Å². The third kappa shape index (κ3) is 7.72. The molecule has 0 saturated carbocycles. The highest BCUT2D eigenvalue weighted by atomic mass is 33.1. The number of rotatable bonds is 6. The van der Waals surface area contributed by atoms with Gasteiger partial charge >= 0.3 is 11.8 Å². The Kier molecular flexibility index (Phi) is 10.1. The van der Waals surface area contributed by atoms with Gasteiger partial charge < -0.3 is 0 Å². The molecule has 0 bridgehead atoms. The largest absolute Gasteiger partial charge is 0.320 e. The first-order valence-electron chi connectivity index (χ1n) is 3.89. The van der Waals surface area contributed by atoms with Crippen LogP contribution in [0, 0.1) is 0 Å². The van der Waals surface area contributed by atoms with Gasteiger partial charge in [0.05, 0.1) is 0 Å². The van der Waals surface area contributed by atoms with Crippen LogP contribution in [0.4, 0.5) is 0 Å². The number of nitrogens with one attached hydrogen (secondary N) is 2.